The molecule has 2 rings (SSSR count). The van der Waals surface area contributed by atoms with E-state index < -0.39 is 0 Å². The summed E-state index contributed by atoms with van der Waals surface area (Å²) in [6.07, 6.45) is 2.73. The van der Waals surface area contributed by atoms with Crippen LogP contribution >= 0.6 is 23.6 Å². The molecule has 8 heteroatoms. The zero-order chi connectivity index (χ0) is 18.6. The zero-order valence-electron chi connectivity index (χ0n) is 15.3. The predicted molar refractivity (Wildman–Crippen MR) is 105 cm³/mol. The lowest BCUT2D eigenvalue weighted by atomic mass is 10.2. The maximum atomic E-state index is 12.0. The van der Waals surface area contributed by atoms with E-state index >= 15 is 0 Å². The van der Waals surface area contributed by atoms with Gasteiger partial charge in [0, 0.05) is 36.3 Å². The van der Waals surface area contributed by atoms with Crippen molar-refractivity contribution in [1.29, 1.82) is 0 Å². The van der Waals surface area contributed by atoms with Gasteiger partial charge in [-0.3, -0.25) is 4.68 Å². The lowest BCUT2D eigenvalue weighted by molar-refractivity contribution is 0.0602. The molecule has 0 aliphatic rings. The molecule has 0 amide bonds. The first kappa shape index (κ1) is 19.4. The highest BCUT2D eigenvalue weighted by atomic mass is 32.1. The van der Waals surface area contributed by atoms with Gasteiger partial charge in [0.15, 0.2) is 5.11 Å². The number of thiophene rings is 1. The molecular weight excluding hydrogens is 356 g/mol. The lowest BCUT2D eigenvalue weighted by Crippen LogP contribution is -2.31. The molecule has 0 saturated carbocycles. The van der Waals surface area contributed by atoms with E-state index in [1.54, 1.807) is 0 Å². The van der Waals surface area contributed by atoms with Gasteiger partial charge in [-0.2, -0.15) is 5.10 Å². The number of hydrogen-bond acceptors (Lipinski definition) is 5. The Balaban J connectivity index is 2.12. The Morgan fingerprint density at radius 1 is 1.48 bits per heavy atom. The lowest BCUT2D eigenvalue weighted by Gasteiger charge is -2.20. The summed E-state index contributed by atoms with van der Waals surface area (Å²) in [4.78, 5) is 15.0. The molecule has 2 heterocycles. The molecule has 2 aromatic rings. The number of anilines is 1. The van der Waals surface area contributed by atoms with E-state index in [0.717, 1.165) is 34.1 Å². The smallest absolute Gasteiger partial charge is 0.340 e. The second-order valence-electron chi connectivity index (χ2n) is 5.66. The number of thiocarbonyl (C=S) groups is 1. The topological polar surface area (TPSA) is 59.4 Å². The summed E-state index contributed by atoms with van der Waals surface area (Å²) in [5.74, 6) is -0.357. The number of aromatic nitrogens is 2. The van der Waals surface area contributed by atoms with Gasteiger partial charge in [0.25, 0.3) is 0 Å². The molecule has 0 aliphatic heterocycles. The van der Waals surface area contributed by atoms with E-state index in [1.807, 2.05) is 28.9 Å². The van der Waals surface area contributed by atoms with Gasteiger partial charge in [0.1, 0.15) is 5.00 Å². The normalized spacial score (nSPS) is 10.6. The molecule has 0 fully saturated rings. The predicted octanol–water partition coefficient (Wildman–Crippen LogP) is 3.45. The molecule has 0 bridgehead atoms. The van der Waals surface area contributed by atoms with Crippen LogP contribution in [0.2, 0.25) is 0 Å². The molecule has 6 nitrogen and oxygen atoms in total. The van der Waals surface area contributed by atoms with Crippen LogP contribution in [0.25, 0.3) is 0 Å². The summed E-state index contributed by atoms with van der Waals surface area (Å²) in [7, 11) is 3.30. The highest BCUT2D eigenvalue weighted by molar-refractivity contribution is 7.80. The number of ether oxygens (including phenoxy) is 1. The molecule has 0 atom stereocenters. The third kappa shape index (κ3) is 4.38. The monoisotopic (exact) mass is 380 g/mol. The van der Waals surface area contributed by atoms with Gasteiger partial charge in [-0.25, -0.2) is 4.79 Å². The summed E-state index contributed by atoms with van der Waals surface area (Å²) < 4.78 is 6.82. The Kier molecular flexibility index (Phi) is 6.55. The van der Waals surface area contributed by atoms with Gasteiger partial charge in [0.2, 0.25) is 0 Å². The average Bonchev–Trinajstić information content (AvgIpc) is 3.17. The fraction of sp³-hybridized carbons (Fsp3) is 0.471. The fourth-order valence-electron chi connectivity index (χ4n) is 2.45. The van der Waals surface area contributed by atoms with Gasteiger partial charge >= 0.3 is 5.97 Å². The van der Waals surface area contributed by atoms with Crippen LogP contribution in [0.5, 0.6) is 0 Å². The fourth-order valence-corrected chi connectivity index (χ4v) is 3.66. The number of rotatable bonds is 6. The van der Waals surface area contributed by atoms with Crippen molar-refractivity contribution in [3.05, 3.63) is 34.0 Å². The molecule has 25 heavy (non-hydrogen) atoms. The molecule has 0 saturated heterocycles. The van der Waals surface area contributed by atoms with E-state index in [9.17, 15) is 4.79 Å². The molecule has 0 aromatic carbocycles. The van der Waals surface area contributed by atoms with Crippen molar-refractivity contribution in [2.45, 2.75) is 40.3 Å². The SMILES string of the molecule is CCc1cc(C(=O)OC)c(NC(=S)N(C)Cc2cnn(CC)c2C)s1. The average molecular weight is 381 g/mol. The van der Waals surface area contributed by atoms with E-state index in [-0.39, 0.29) is 5.97 Å². The number of carbonyl (C=O) groups excluding carboxylic acids is 1. The third-order valence-corrected chi connectivity index (χ3v) is 5.62. The van der Waals surface area contributed by atoms with Crippen LogP contribution in [0.1, 0.15) is 40.3 Å². The molecule has 136 valence electrons. The van der Waals surface area contributed by atoms with Crippen molar-refractivity contribution >= 4 is 39.6 Å². The van der Waals surface area contributed by atoms with Gasteiger partial charge in [-0.1, -0.05) is 6.92 Å². The first-order chi connectivity index (χ1) is 11.9. The van der Waals surface area contributed by atoms with Crippen LogP contribution < -0.4 is 5.32 Å². The van der Waals surface area contributed by atoms with Crippen molar-refractivity contribution in [3.8, 4) is 0 Å². The molecule has 1 N–H and O–H groups in total. The summed E-state index contributed by atoms with van der Waals surface area (Å²) in [5.41, 5.74) is 2.79. The van der Waals surface area contributed by atoms with Gasteiger partial charge < -0.3 is 15.0 Å². The minimum Gasteiger partial charge on any atom is -0.465 e. The van der Waals surface area contributed by atoms with Crippen LogP contribution in [-0.2, 0) is 24.2 Å². The van der Waals surface area contributed by atoms with Gasteiger partial charge in [0.05, 0.1) is 18.9 Å². The van der Waals surface area contributed by atoms with Crippen LogP contribution in [0.15, 0.2) is 12.3 Å². The number of methoxy groups -OCH3 is 1. The summed E-state index contributed by atoms with van der Waals surface area (Å²) >= 11 is 7.03. The summed E-state index contributed by atoms with van der Waals surface area (Å²) in [6.45, 7) is 7.66. The minimum absolute atomic E-state index is 0.357. The standard InChI is InChI=1S/C17H24N4O2S2/c1-6-13-8-14(16(22)23-5)15(25-13)19-17(24)20(4)10-12-9-18-21(7-2)11(12)3/h8-9H,6-7,10H2,1-5H3,(H,19,24). The number of nitrogens with one attached hydrogen (secondary N) is 1. The van der Waals surface area contributed by atoms with E-state index in [0.29, 0.717) is 17.2 Å². The van der Waals surface area contributed by atoms with Crippen molar-refractivity contribution in [2.75, 3.05) is 19.5 Å². The minimum atomic E-state index is -0.357. The van der Waals surface area contributed by atoms with Crippen LogP contribution in [0, 0.1) is 6.92 Å². The van der Waals surface area contributed by atoms with E-state index in [2.05, 4.69) is 31.2 Å². The Labute approximate surface area is 157 Å². The first-order valence-electron chi connectivity index (χ1n) is 8.15. The zero-order valence-corrected chi connectivity index (χ0v) is 16.9. The highest BCUT2D eigenvalue weighted by Crippen LogP contribution is 2.29. The third-order valence-electron chi connectivity index (χ3n) is 4.02. The Hall–Kier alpha value is -1.93. The second kappa shape index (κ2) is 8.44. The first-order valence-corrected chi connectivity index (χ1v) is 9.38. The van der Waals surface area contributed by atoms with Crippen molar-refractivity contribution in [2.24, 2.45) is 0 Å². The Morgan fingerprint density at radius 2 is 2.20 bits per heavy atom. The van der Waals surface area contributed by atoms with Crippen molar-refractivity contribution in [1.82, 2.24) is 14.7 Å². The molecule has 0 spiro atoms. The number of aryl methyl sites for hydroxylation is 2. The molecule has 0 radical (unpaired) electrons. The van der Waals surface area contributed by atoms with Crippen LogP contribution in [-0.4, -0.2) is 39.9 Å². The summed E-state index contributed by atoms with van der Waals surface area (Å²) in [6, 6.07) is 1.86. The number of esters is 1. The van der Waals surface area contributed by atoms with E-state index in [4.69, 9.17) is 17.0 Å². The number of carbonyl (C=O) groups is 1. The largest absolute Gasteiger partial charge is 0.465 e. The second-order valence-corrected chi connectivity index (χ2v) is 7.18. The van der Waals surface area contributed by atoms with Crippen LogP contribution in [0.4, 0.5) is 5.00 Å². The van der Waals surface area contributed by atoms with E-state index in [1.165, 1.54) is 18.4 Å². The molecule has 0 aliphatic carbocycles. The highest BCUT2D eigenvalue weighted by Gasteiger charge is 2.18. The maximum Gasteiger partial charge on any atom is 0.340 e. The maximum absolute atomic E-state index is 12.0. The van der Waals surface area contributed by atoms with Crippen LogP contribution in [0.3, 0.4) is 0 Å². The molecule has 2 aromatic heterocycles. The van der Waals surface area contributed by atoms with Crippen molar-refractivity contribution < 1.29 is 9.53 Å². The summed E-state index contributed by atoms with van der Waals surface area (Å²) in [5, 5.41) is 8.83. The quantitative estimate of drug-likeness (QED) is 0.612. The molecular formula is C17H24N4O2S2. The van der Waals surface area contributed by atoms with Gasteiger partial charge in [-0.15, -0.1) is 11.3 Å². The Morgan fingerprint density at radius 3 is 2.76 bits per heavy atom. The molecule has 0 unspecified atom stereocenters. The Bertz CT molecular complexity index is 767. The van der Waals surface area contributed by atoms with Crippen molar-refractivity contribution in [3.63, 3.8) is 0 Å². The number of hydrogen-bond donors (Lipinski definition) is 1. The van der Waals surface area contributed by atoms with Gasteiger partial charge in [-0.05, 0) is 38.6 Å². The number of nitrogens with zero attached hydrogens (tertiary/aromatic N) is 3.